The number of rotatable bonds is 1. The lowest BCUT2D eigenvalue weighted by molar-refractivity contribution is -0.143. The maximum absolute atomic E-state index is 11.8. The number of aliphatic hydroxyl groups excluding tert-OH is 1. The molecule has 2 rings (SSSR count). The quantitative estimate of drug-likeness (QED) is 0.677. The van der Waals surface area contributed by atoms with E-state index >= 15 is 0 Å². The Hall–Kier alpha value is -0.570. The van der Waals surface area contributed by atoms with Gasteiger partial charge in [-0.25, -0.2) is 0 Å². The predicted molar refractivity (Wildman–Crippen MR) is 53.6 cm³/mol. The Kier molecular flexibility index (Phi) is 2.11. The number of hydrogen-bond acceptors (Lipinski definition) is 2. The molecule has 0 aromatic carbocycles. The fraction of sp³-hybridized carbons (Fsp3) is 0.909. The van der Waals surface area contributed by atoms with Gasteiger partial charge < -0.3 is 10.0 Å². The summed E-state index contributed by atoms with van der Waals surface area (Å²) in [4.78, 5) is 13.6. The monoisotopic (exact) mass is 197 g/mol. The highest BCUT2D eigenvalue weighted by Gasteiger charge is 2.51. The molecule has 2 atom stereocenters. The highest BCUT2D eigenvalue weighted by atomic mass is 16.3. The van der Waals surface area contributed by atoms with E-state index < -0.39 is 0 Å². The van der Waals surface area contributed by atoms with Crippen LogP contribution in [0.2, 0.25) is 0 Å². The first kappa shape index (κ1) is 9.97. The second kappa shape index (κ2) is 2.96. The van der Waals surface area contributed by atoms with Gasteiger partial charge in [-0.3, -0.25) is 4.79 Å². The summed E-state index contributed by atoms with van der Waals surface area (Å²) in [6.45, 7) is 7.67. The van der Waals surface area contributed by atoms with Gasteiger partial charge in [-0.2, -0.15) is 0 Å². The summed E-state index contributed by atoms with van der Waals surface area (Å²) in [7, 11) is 0. The Morgan fingerprint density at radius 1 is 1.36 bits per heavy atom. The number of nitrogens with zero attached hydrogens (tertiary/aromatic N) is 1. The van der Waals surface area contributed by atoms with Crippen LogP contribution in [0.4, 0.5) is 0 Å². The standard InChI is InChI=1S/C11H19NO2/c1-11(2,3)9-4-8(9)10(14)12-5-7(13)6-12/h7-9,13H,4-6H2,1-3H3/t8-,9-/m1/s1. The summed E-state index contributed by atoms with van der Waals surface area (Å²) < 4.78 is 0. The number of aliphatic hydroxyl groups is 1. The fourth-order valence-corrected chi connectivity index (χ4v) is 2.29. The van der Waals surface area contributed by atoms with Crippen molar-refractivity contribution in [1.29, 1.82) is 0 Å². The van der Waals surface area contributed by atoms with Crippen molar-refractivity contribution in [3.63, 3.8) is 0 Å². The van der Waals surface area contributed by atoms with Gasteiger partial charge in [-0.15, -0.1) is 0 Å². The zero-order chi connectivity index (χ0) is 10.5. The van der Waals surface area contributed by atoms with Crippen molar-refractivity contribution >= 4 is 5.91 Å². The van der Waals surface area contributed by atoms with Crippen LogP contribution in [0.25, 0.3) is 0 Å². The molecule has 1 aliphatic heterocycles. The van der Waals surface area contributed by atoms with Crippen LogP contribution < -0.4 is 0 Å². The van der Waals surface area contributed by atoms with Crippen molar-refractivity contribution in [2.45, 2.75) is 33.3 Å². The molecule has 0 spiro atoms. The summed E-state index contributed by atoms with van der Waals surface area (Å²) in [5, 5.41) is 9.10. The Bertz CT molecular complexity index is 251. The number of β-amino-alcohol motifs (C(OH)–C–C–N with tert-alkyl or cyclic N) is 1. The minimum Gasteiger partial charge on any atom is -0.389 e. The topological polar surface area (TPSA) is 40.5 Å². The molecule has 1 N–H and O–H groups in total. The van der Waals surface area contributed by atoms with Gasteiger partial charge in [-0.1, -0.05) is 20.8 Å². The summed E-state index contributed by atoms with van der Waals surface area (Å²) in [5.74, 6) is 1.05. The number of carbonyl (C=O) groups excluding carboxylic acids is 1. The third-order valence-electron chi connectivity index (χ3n) is 3.39. The Balaban J connectivity index is 1.85. The van der Waals surface area contributed by atoms with Crippen LogP contribution in [0.15, 0.2) is 0 Å². The molecule has 3 nitrogen and oxygen atoms in total. The normalized spacial score (nSPS) is 32.7. The lowest BCUT2D eigenvalue weighted by Gasteiger charge is -2.36. The largest absolute Gasteiger partial charge is 0.389 e. The van der Waals surface area contributed by atoms with Crippen LogP contribution in [-0.4, -0.2) is 35.1 Å². The summed E-state index contributed by atoms with van der Waals surface area (Å²) >= 11 is 0. The molecule has 1 heterocycles. The number of carbonyl (C=O) groups is 1. The SMILES string of the molecule is CC(C)(C)[C@@H]1C[C@H]1C(=O)N1CC(O)C1. The minimum atomic E-state index is -0.272. The molecule has 0 unspecified atom stereocenters. The molecule has 0 bridgehead atoms. The van der Waals surface area contributed by atoms with Gasteiger partial charge in [0.25, 0.3) is 0 Å². The molecule has 1 amide bonds. The molecule has 0 aromatic heterocycles. The van der Waals surface area contributed by atoms with Crippen LogP contribution in [0, 0.1) is 17.3 Å². The predicted octanol–water partition coefficient (Wildman–Crippen LogP) is 0.872. The average molecular weight is 197 g/mol. The molecule has 2 fully saturated rings. The number of hydrogen-bond donors (Lipinski definition) is 1. The summed E-state index contributed by atoms with van der Waals surface area (Å²) in [5.41, 5.74) is 0.254. The molecule has 80 valence electrons. The Morgan fingerprint density at radius 3 is 2.29 bits per heavy atom. The van der Waals surface area contributed by atoms with E-state index in [0.29, 0.717) is 19.0 Å². The zero-order valence-corrected chi connectivity index (χ0v) is 9.16. The van der Waals surface area contributed by atoms with Crippen molar-refractivity contribution in [2.75, 3.05) is 13.1 Å². The molecule has 1 aliphatic carbocycles. The van der Waals surface area contributed by atoms with Crippen molar-refractivity contribution in [3.05, 3.63) is 0 Å². The van der Waals surface area contributed by atoms with Gasteiger partial charge >= 0.3 is 0 Å². The van der Waals surface area contributed by atoms with Crippen LogP contribution in [0.1, 0.15) is 27.2 Å². The lowest BCUT2D eigenvalue weighted by Crippen LogP contribution is -2.54. The van der Waals surface area contributed by atoms with Gasteiger partial charge in [0.1, 0.15) is 0 Å². The zero-order valence-electron chi connectivity index (χ0n) is 9.16. The van der Waals surface area contributed by atoms with Crippen molar-refractivity contribution < 1.29 is 9.90 Å². The average Bonchev–Trinajstić information content (AvgIpc) is 2.74. The molecule has 1 saturated carbocycles. The van der Waals surface area contributed by atoms with Crippen LogP contribution >= 0.6 is 0 Å². The maximum Gasteiger partial charge on any atom is 0.226 e. The van der Waals surface area contributed by atoms with Gasteiger partial charge in [0, 0.05) is 19.0 Å². The second-order valence-corrected chi connectivity index (χ2v) is 5.71. The summed E-state index contributed by atoms with van der Waals surface area (Å²) in [6, 6.07) is 0. The molecule has 14 heavy (non-hydrogen) atoms. The van der Waals surface area contributed by atoms with E-state index in [9.17, 15) is 4.79 Å². The maximum atomic E-state index is 11.8. The third-order valence-corrected chi connectivity index (χ3v) is 3.39. The highest BCUT2D eigenvalue weighted by molar-refractivity contribution is 5.82. The van der Waals surface area contributed by atoms with E-state index in [2.05, 4.69) is 20.8 Å². The van der Waals surface area contributed by atoms with Gasteiger partial charge in [0.15, 0.2) is 0 Å². The van der Waals surface area contributed by atoms with E-state index in [1.54, 1.807) is 4.90 Å². The third kappa shape index (κ3) is 1.65. The molecular formula is C11H19NO2. The van der Waals surface area contributed by atoms with E-state index in [1.807, 2.05) is 0 Å². The van der Waals surface area contributed by atoms with Crippen LogP contribution in [0.3, 0.4) is 0 Å². The van der Waals surface area contributed by atoms with Gasteiger partial charge in [0.2, 0.25) is 5.91 Å². The van der Waals surface area contributed by atoms with E-state index in [4.69, 9.17) is 5.11 Å². The molecule has 1 saturated heterocycles. The lowest BCUT2D eigenvalue weighted by atomic mass is 9.88. The fourth-order valence-electron chi connectivity index (χ4n) is 2.29. The Labute approximate surface area is 85.1 Å². The van der Waals surface area contributed by atoms with Crippen LogP contribution in [0.5, 0.6) is 0 Å². The smallest absolute Gasteiger partial charge is 0.226 e. The minimum absolute atomic E-state index is 0.238. The van der Waals surface area contributed by atoms with Crippen molar-refractivity contribution in [1.82, 2.24) is 4.90 Å². The van der Waals surface area contributed by atoms with Crippen molar-refractivity contribution in [3.8, 4) is 0 Å². The van der Waals surface area contributed by atoms with Gasteiger partial charge in [0.05, 0.1) is 6.10 Å². The number of amides is 1. The second-order valence-electron chi connectivity index (χ2n) is 5.71. The van der Waals surface area contributed by atoms with Gasteiger partial charge in [-0.05, 0) is 17.8 Å². The molecule has 0 aromatic rings. The Morgan fingerprint density at radius 2 is 1.93 bits per heavy atom. The molecule has 0 radical (unpaired) electrons. The molecule has 3 heteroatoms. The van der Waals surface area contributed by atoms with E-state index in [0.717, 1.165) is 6.42 Å². The van der Waals surface area contributed by atoms with Crippen LogP contribution in [-0.2, 0) is 4.79 Å². The van der Waals surface area contributed by atoms with Crippen molar-refractivity contribution in [2.24, 2.45) is 17.3 Å². The van der Waals surface area contributed by atoms with E-state index in [1.165, 1.54) is 0 Å². The van der Waals surface area contributed by atoms with E-state index in [-0.39, 0.29) is 23.3 Å². The first-order valence-corrected chi connectivity index (χ1v) is 5.36. The molecule has 2 aliphatic rings. The first-order chi connectivity index (χ1) is 6.39. The first-order valence-electron chi connectivity index (χ1n) is 5.36. The highest BCUT2D eigenvalue weighted by Crippen LogP contribution is 2.51. The summed E-state index contributed by atoms with van der Waals surface area (Å²) in [6.07, 6.45) is 0.764. The number of likely N-dealkylation sites (tertiary alicyclic amines) is 1. The molecular weight excluding hydrogens is 178 g/mol.